The lowest BCUT2D eigenvalue weighted by atomic mass is 10.1. The zero-order chi connectivity index (χ0) is 11.5. The number of nitrogens with zero attached hydrogens (tertiary/aromatic N) is 1. The highest BCUT2D eigenvalue weighted by molar-refractivity contribution is 7.11. The summed E-state index contributed by atoms with van der Waals surface area (Å²) in [5.74, 6) is 0. The fraction of sp³-hybridized carbons (Fsp3) is 0.727. The molecule has 0 radical (unpaired) electrons. The SMILES string of the molecule is COC(C)(C)CNC(C)c1cnc(C)s1. The molecular weight excluding hydrogens is 208 g/mol. The maximum absolute atomic E-state index is 5.35. The van der Waals surface area contributed by atoms with Crippen LogP contribution in [0.15, 0.2) is 6.20 Å². The van der Waals surface area contributed by atoms with Crippen LogP contribution in [0.2, 0.25) is 0 Å². The van der Waals surface area contributed by atoms with Crippen LogP contribution in [0.25, 0.3) is 0 Å². The van der Waals surface area contributed by atoms with Gasteiger partial charge in [-0.1, -0.05) is 0 Å². The van der Waals surface area contributed by atoms with Crippen molar-refractivity contribution in [3.8, 4) is 0 Å². The van der Waals surface area contributed by atoms with Gasteiger partial charge in [-0.05, 0) is 27.7 Å². The molecule has 0 spiro atoms. The molecule has 0 saturated carbocycles. The third-order valence-electron chi connectivity index (χ3n) is 2.45. The van der Waals surface area contributed by atoms with Crippen molar-refractivity contribution in [1.29, 1.82) is 0 Å². The lowest BCUT2D eigenvalue weighted by Crippen LogP contribution is -2.37. The summed E-state index contributed by atoms with van der Waals surface area (Å²) in [6, 6.07) is 0.339. The van der Waals surface area contributed by atoms with E-state index in [4.69, 9.17) is 4.74 Å². The Hall–Kier alpha value is -0.450. The van der Waals surface area contributed by atoms with Gasteiger partial charge >= 0.3 is 0 Å². The molecule has 1 aromatic heterocycles. The van der Waals surface area contributed by atoms with E-state index < -0.39 is 0 Å². The zero-order valence-electron chi connectivity index (χ0n) is 10.1. The summed E-state index contributed by atoms with van der Waals surface area (Å²) < 4.78 is 5.35. The summed E-state index contributed by atoms with van der Waals surface area (Å²) in [5, 5.41) is 4.56. The van der Waals surface area contributed by atoms with Crippen molar-refractivity contribution in [1.82, 2.24) is 10.3 Å². The van der Waals surface area contributed by atoms with Gasteiger partial charge in [-0.15, -0.1) is 11.3 Å². The molecule has 0 saturated heterocycles. The molecule has 0 aliphatic rings. The lowest BCUT2D eigenvalue weighted by Gasteiger charge is -2.25. The fourth-order valence-electron chi connectivity index (χ4n) is 1.15. The maximum atomic E-state index is 5.35. The number of thiazole rings is 1. The van der Waals surface area contributed by atoms with Crippen LogP contribution in [-0.2, 0) is 4.74 Å². The highest BCUT2D eigenvalue weighted by Gasteiger charge is 2.18. The first-order valence-corrected chi connectivity index (χ1v) is 5.97. The quantitative estimate of drug-likeness (QED) is 0.841. The molecule has 1 heterocycles. The summed E-state index contributed by atoms with van der Waals surface area (Å²) in [6.45, 7) is 9.16. The number of ether oxygens (including phenoxy) is 1. The molecule has 0 aliphatic carbocycles. The minimum Gasteiger partial charge on any atom is -0.377 e. The standard InChI is InChI=1S/C11H20N2OS/c1-8(10-6-12-9(2)15-10)13-7-11(3,4)14-5/h6,8,13H,7H2,1-5H3. The fourth-order valence-corrected chi connectivity index (χ4v) is 1.96. The van der Waals surface area contributed by atoms with Crippen molar-refractivity contribution in [2.24, 2.45) is 0 Å². The van der Waals surface area contributed by atoms with Crippen molar-refractivity contribution in [3.63, 3.8) is 0 Å². The Labute approximate surface area is 95.9 Å². The van der Waals surface area contributed by atoms with E-state index in [-0.39, 0.29) is 5.60 Å². The zero-order valence-corrected chi connectivity index (χ0v) is 10.9. The van der Waals surface area contributed by atoms with E-state index in [0.717, 1.165) is 11.6 Å². The van der Waals surface area contributed by atoms with Crippen molar-refractivity contribution in [2.45, 2.75) is 39.3 Å². The lowest BCUT2D eigenvalue weighted by molar-refractivity contribution is 0.0215. The molecule has 1 aromatic rings. The Kier molecular flexibility index (Phi) is 4.25. The van der Waals surface area contributed by atoms with E-state index in [2.05, 4.69) is 31.1 Å². The van der Waals surface area contributed by atoms with Crippen LogP contribution >= 0.6 is 11.3 Å². The van der Waals surface area contributed by atoms with Gasteiger partial charge in [-0.25, -0.2) is 4.98 Å². The topological polar surface area (TPSA) is 34.1 Å². The predicted octanol–water partition coefficient (Wildman–Crippen LogP) is 2.53. The Bertz CT molecular complexity index is 309. The average molecular weight is 228 g/mol. The Morgan fingerprint density at radius 3 is 2.73 bits per heavy atom. The highest BCUT2D eigenvalue weighted by atomic mass is 32.1. The van der Waals surface area contributed by atoms with E-state index in [0.29, 0.717) is 6.04 Å². The molecule has 0 aromatic carbocycles. The van der Waals surface area contributed by atoms with E-state index in [9.17, 15) is 0 Å². The predicted molar refractivity (Wildman–Crippen MR) is 64.4 cm³/mol. The van der Waals surface area contributed by atoms with E-state index in [1.807, 2.05) is 13.1 Å². The van der Waals surface area contributed by atoms with Crippen LogP contribution in [-0.4, -0.2) is 24.2 Å². The minimum atomic E-state index is -0.117. The van der Waals surface area contributed by atoms with Gasteiger partial charge in [-0.2, -0.15) is 0 Å². The molecule has 0 amide bonds. The summed E-state index contributed by atoms with van der Waals surface area (Å²) in [7, 11) is 1.74. The van der Waals surface area contributed by atoms with Crippen LogP contribution in [0.1, 0.15) is 36.7 Å². The highest BCUT2D eigenvalue weighted by Crippen LogP contribution is 2.20. The van der Waals surface area contributed by atoms with Crippen LogP contribution in [0.4, 0.5) is 0 Å². The van der Waals surface area contributed by atoms with E-state index in [1.54, 1.807) is 18.4 Å². The first-order valence-electron chi connectivity index (χ1n) is 5.15. The summed E-state index contributed by atoms with van der Waals surface area (Å²) in [4.78, 5) is 5.53. The van der Waals surface area contributed by atoms with Gasteiger partial charge in [-0.3, -0.25) is 0 Å². The second kappa shape index (κ2) is 5.05. The molecule has 3 nitrogen and oxygen atoms in total. The van der Waals surface area contributed by atoms with Gasteiger partial charge in [0.25, 0.3) is 0 Å². The van der Waals surface area contributed by atoms with Gasteiger partial charge < -0.3 is 10.1 Å². The van der Waals surface area contributed by atoms with Gasteiger partial charge in [0.2, 0.25) is 0 Å². The molecule has 1 N–H and O–H groups in total. The third-order valence-corrected chi connectivity index (χ3v) is 3.55. The normalized spacial score (nSPS) is 14.2. The molecule has 0 bridgehead atoms. The largest absolute Gasteiger partial charge is 0.377 e. The molecule has 86 valence electrons. The molecule has 0 aliphatic heterocycles. The van der Waals surface area contributed by atoms with Crippen molar-refractivity contribution in [3.05, 3.63) is 16.1 Å². The smallest absolute Gasteiger partial charge is 0.0897 e. The van der Waals surface area contributed by atoms with Crippen molar-refractivity contribution >= 4 is 11.3 Å². The maximum Gasteiger partial charge on any atom is 0.0897 e. The molecule has 15 heavy (non-hydrogen) atoms. The number of methoxy groups -OCH3 is 1. The number of hydrogen-bond acceptors (Lipinski definition) is 4. The van der Waals surface area contributed by atoms with Crippen LogP contribution in [0, 0.1) is 6.92 Å². The van der Waals surface area contributed by atoms with Crippen LogP contribution in [0.3, 0.4) is 0 Å². The van der Waals surface area contributed by atoms with Crippen molar-refractivity contribution in [2.75, 3.05) is 13.7 Å². The number of aromatic nitrogens is 1. The third kappa shape index (κ3) is 3.89. The molecule has 1 rings (SSSR count). The van der Waals surface area contributed by atoms with Crippen LogP contribution < -0.4 is 5.32 Å². The van der Waals surface area contributed by atoms with Gasteiger partial charge in [0.15, 0.2) is 0 Å². The number of aryl methyl sites for hydroxylation is 1. The summed E-state index contributed by atoms with van der Waals surface area (Å²) in [5.41, 5.74) is -0.117. The monoisotopic (exact) mass is 228 g/mol. The molecular formula is C11H20N2OS. The minimum absolute atomic E-state index is 0.117. The number of nitrogens with one attached hydrogen (secondary N) is 1. The number of hydrogen-bond donors (Lipinski definition) is 1. The molecule has 4 heteroatoms. The van der Waals surface area contributed by atoms with Gasteiger partial charge in [0.05, 0.1) is 10.6 Å². The Morgan fingerprint density at radius 1 is 1.60 bits per heavy atom. The van der Waals surface area contributed by atoms with Crippen molar-refractivity contribution < 1.29 is 4.74 Å². The summed E-state index contributed by atoms with van der Waals surface area (Å²) >= 11 is 1.74. The molecule has 0 fully saturated rings. The first-order chi connectivity index (χ1) is 6.94. The van der Waals surface area contributed by atoms with Crippen LogP contribution in [0.5, 0.6) is 0 Å². The number of rotatable bonds is 5. The Balaban J connectivity index is 2.46. The van der Waals surface area contributed by atoms with Gasteiger partial charge in [0, 0.05) is 30.8 Å². The van der Waals surface area contributed by atoms with Gasteiger partial charge in [0.1, 0.15) is 0 Å². The van der Waals surface area contributed by atoms with E-state index >= 15 is 0 Å². The van der Waals surface area contributed by atoms with E-state index in [1.165, 1.54) is 4.88 Å². The first kappa shape index (κ1) is 12.6. The Morgan fingerprint density at radius 2 is 2.27 bits per heavy atom. The summed E-state index contributed by atoms with van der Waals surface area (Å²) in [6.07, 6.45) is 1.94. The molecule has 1 atom stereocenters. The molecule has 1 unspecified atom stereocenters. The average Bonchev–Trinajstić information content (AvgIpc) is 2.61. The second-order valence-electron chi connectivity index (χ2n) is 4.35. The second-order valence-corrected chi connectivity index (χ2v) is 5.61.